The van der Waals surface area contributed by atoms with Crippen LogP contribution in [0.4, 0.5) is 5.69 Å². The van der Waals surface area contributed by atoms with E-state index in [-0.39, 0.29) is 5.91 Å². The Morgan fingerprint density at radius 2 is 2.29 bits per heavy atom. The maximum Gasteiger partial charge on any atom is 0.246 e. The van der Waals surface area contributed by atoms with Crippen LogP contribution in [0.1, 0.15) is 11.1 Å². The second kappa shape index (κ2) is 3.48. The van der Waals surface area contributed by atoms with Crippen LogP contribution in [0.3, 0.4) is 0 Å². The van der Waals surface area contributed by atoms with Crippen LogP contribution in [0.5, 0.6) is 5.75 Å². The van der Waals surface area contributed by atoms with Crippen molar-refractivity contribution < 1.29 is 9.53 Å². The molecule has 0 bridgehead atoms. The lowest BCUT2D eigenvalue weighted by molar-refractivity contribution is -0.117. The molecule has 1 amide bonds. The average Bonchev–Trinajstić information content (AvgIpc) is 2.70. The van der Waals surface area contributed by atoms with E-state index in [1.807, 2.05) is 24.0 Å². The van der Waals surface area contributed by atoms with E-state index in [4.69, 9.17) is 4.74 Å². The first-order chi connectivity index (χ1) is 8.20. The highest BCUT2D eigenvalue weighted by atomic mass is 16.5. The third-order valence-corrected chi connectivity index (χ3v) is 3.23. The summed E-state index contributed by atoms with van der Waals surface area (Å²) >= 11 is 0. The molecule has 1 aromatic carbocycles. The van der Waals surface area contributed by atoms with E-state index in [1.54, 1.807) is 7.11 Å². The molecule has 2 heterocycles. The van der Waals surface area contributed by atoms with E-state index in [1.165, 1.54) is 0 Å². The Morgan fingerprint density at radius 3 is 3.06 bits per heavy atom. The summed E-state index contributed by atoms with van der Waals surface area (Å²) in [6.07, 6.45) is 0. The lowest BCUT2D eigenvalue weighted by Crippen LogP contribution is -2.33. The van der Waals surface area contributed by atoms with Crippen LogP contribution < -0.4 is 15.0 Å². The van der Waals surface area contributed by atoms with Gasteiger partial charge >= 0.3 is 0 Å². The molecule has 0 aliphatic carbocycles. The number of methoxy groups -OCH3 is 1. The van der Waals surface area contributed by atoms with Crippen molar-refractivity contribution in [1.29, 1.82) is 0 Å². The van der Waals surface area contributed by atoms with E-state index >= 15 is 0 Å². The maximum absolute atomic E-state index is 11.4. The number of hydrogen-bond acceptors (Lipinski definition) is 4. The van der Waals surface area contributed by atoms with Crippen LogP contribution in [0.2, 0.25) is 0 Å². The highest BCUT2D eigenvalue weighted by Gasteiger charge is 2.31. The monoisotopic (exact) mass is 231 g/mol. The van der Waals surface area contributed by atoms with Gasteiger partial charge in [-0.2, -0.15) is 0 Å². The van der Waals surface area contributed by atoms with Gasteiger partial charge in [0.15, 0.2) is 0 Å². The van der Waals surface area contributed by atoms with Crippen LogP contribution in [-0.4, -0.2) is 25.5 Å². The SMILES string of the molecule is COc1ccc2c(c1C)CN=C1NC(=O)CN12. The Kier molecular flexibility index (Phi) is 2.07. The molecule has 0 unspecified atom stereocenters. The Bertz CT molecular complexity index is 537. The minimum atomic E-state index is -0.00919. The van der Waals surface area contributed by atoms with Crippen LogP contribution >= 0.6 is 0 Å². The molecule has 2 aliphatic heterocycles. The zero-order valence-electron chi connectivity index (χ0n) is 9.78. The minimum Gasteiger partial charge on any atom is -0.496 e. The van der Waals surface area contributed by atoms with Gasteiger partial charge in [-0.1, -0.05) is 0 Å². The van der Waals surface area contributed by atoms with Gasteiger partial charge in [-0.05, 0) is 24.6 Å². The van der Waals surface area contributed by atoms with Gasteiger partial charge in [0, 0.05) is 11.3 Å². The van der Waals surface area contributed by atoms with Crippen molar-refractivity contribution in [3.63, 3.8) is 0 Å². The van der Waals surface area contributed by atoms with Gasteiger partial charge in [-0.15, -0.1) is 0 Å². The van der Waals surface area contributed by atoms with Gasteiger partial charge in [0.25, 0.3) is 0 Å². The summed E-state index contributed by atoms with van der Waals surface area (Å²) in [7, 11) is 1.66. The van der Waals surface area contributed by atoms with Gasteiger partial charge in [-0.3, -0.25) is 10.1 Å². The molecule has 1 aromatic rings. The lowest BCUT2D eigenvalue weighted by atomic mass is 10.0. The number of ether oxygens (including phenoxy) is 1. The van der Waals surface area contributed by atoms with E-state index in [9.17, 15) is 4.79 Å². The number of hydrogen-bond donors (Lipinski definition) is 1. The van der Waals surface area contributed by atoms with Crippen molar-refractivity contribution in [2.45, 2.75) is 13.5 Å². The third-order valence-electron chi connectivity index (χ3n) is 3.23. The second-order valence-electron chi connectivity index (χ2n) is 4.16. The van der Waals surface area contributed by atoms with E-state index in [0.717, 1.165) is 22.6 Å². The molecule has 5 nitrogen and oxygen atoms in total. The number of aliphatic imine (C=N–C) groups is 1. The van der Waals surface area contributed by atoms with Gasteiger partial charge < -0.3 is 9.64 Å². The van der Waals surface area contributed by atoms with Crippen molar-refractivity contribution in [3.8, 4) is 5.75 Å². The van der Waals surface area contributed by atoms with Crippen LogP contribution in [0.15, 0.2) is 17.1 Å². The molecular weight excluding hydrogens is 218 g/mol. The predicted molar refractivity (Wildman–Crippen MR) is 64.4 cm³/mol. The van der Waals surface area contributed by atoms with Gasteiger partial charge in [0.2, 0.25) is 11.9 Å². The number of amides is 1. The lowest BCUT2D eigenvalue weighted by Gasteiger charge is -2.26. The average molecular weight is 231 g/mol. The summed E-state index contributed by atoms with van der Waals surface area (Å²) in [6.45, 7) is 2.95. The molecule has 1 N–H and O–H groups in total. The first kappa shape index (κ1) is 10.1. The smallest absolute Gasteiger partial charge is 0.246 e. The molecule has 2 aliphatic rings. The number of benzene rings is 1. The third kappa shape index (κ3) is 1.39. The molecule has 3 rings (SSSR count). The van der Waals surface area contributed by atoms with Crippen LogP contribution in [0.25, 0.3) is 0 Å². The van der Waals surface area contributed by atoms with E-state index in [0.29, 0.717) is 19.0 Å². The Labute approximate surface area is 99.1 Å². The van der Waals surface area contributed by atoms with Crippen LogP contribution in [-0.2, 0) is 11.3 Å². The Morgan fingerprint density at radius 1 is 1.47 bits per heavy atom. The number of nitrogens with one attached hydrogen (secondary N) is 1. The first-order valence-corrected chi connectivity index (χ1v) is 5.49. The Balaban J connectivity index is 2.11. The number of fused-ring (bicyclic) bond motifs is 3. The van der Waals surface area contributed by atoms with E-state index in [2.05, 4.69) is 10.3 Å². The fraction of sp³-hybridized carbons (Fsp3) is 0.333. The summed E-state index contributed by atoms with van der Waals surface area (Å²) < 4.78 is 5.29. The normalized spacial score (nSPS) is 17.2. The largest absolute Gasteiger partial charge is 0.496 e. The summed E-state index contributed by atoms with van der Waals surface area (Å²) in [4.78, 5) is 17.7. The second-order valence-corrected chi connectivity index (χ2v) is 4.16. The van der Waals surface area contributed by atoms with Gasteiger partial charge in [0.05, 0.1) is 13.7 Å². The summed E-state index contributed by atoms with van der Waals surface area (Å²) in [6, 6.07) is 3.91. The van der Waals surface area contributed by atoms with Gasteiger partial charge in [0.1, 0.15) is 12.3 Å². The molecule has 0 radical (unpaired) electrons. The van der Waals surface area contributed by atoms with Crippen molar-refractivity contribution in [2.75, 3.05) is 18.6 Å². The maximum atomic E-state index is 11.4. The first-order valence-electron chi connectivity index (χ1n) is 5.49. The molecule has 0 aromatic heterocycles. The number of anilines is 1. The van der Waals surface area contributed by atoms with Crippen molar-refractivity contribution >= 4 is 17.6 Å². The van der Waals surface area contributed by atoms with E-state index < -0.39 is 0 Å². The molecule has 1 saturated heterocycles. The number of nitrogens with zero attached hydrogens (tertiary/aromatic N) is 2. The molecule has 0 saturated carbocycles. The number of rotatable bonds is 1. The fourth-order valence-corrected chi connectivity index (χ4v) is 2.32. The van der Waals surface area contributed by atoms with Crippen molar-refractivity contribution in [1.82, 2.24) is 5.32 Å². The number of guanidine groups is 1. The zero-order chi connectivity index (χ0) is 12.0. The summed E-state index contributed by atoms with van der Waals surface area (Å²) in [5, 5.41) is 2.75. The molecule has 0 atom stereocenters. The minimum absolute atomic E-state index is 0.00919. The molecular formula is C12H13N3O2. The number of carbonyl (C=O) groups excluding carboxylic acids is 1. The quantitative estimate of drug-likeness (QED) is 0.778. The highest BCUT2D eigenvalue weighted by molar-refractivity contribution is 6.15. The molecule has 5 heteroatoms. The molecule has 0 spiro atoms. The highest BCUT2D eigenvalue weighted by Crippen LogP contribution is 2.34. The summed E-state index contributed by atoms with van der Waals surface area (Å²) in [5.41, 5.74) is 3.27. The van der Waals surface area contributed by atoms with Crippen molar-refractivity contribution in [2.24, 2.45) is 4.99 Å². The molecule has 17 heavy (non-hydrogen) atoms. The van der Waals surface area contributed by atoms with Gasteiger partial charge in [-0.25, -0.2) is 4.99 Å². The predicted octanol–water partition coefficient (Wildman–Crippen LogP) is 0.809. The van der Waals surface area contributed by atoms with Crippen LogP contribution in [0, 0.1) is 6.92 Å². The summed E-state index contributed by atoms with van der Waals surface area (Å²) in [5.74, 6) is 1.51. The topological polar surface area (TPSA) is 53.9 Å². The number of carbonyl (C=O) groups is 1. The zero-order valence-corrected chi connectivity index (χ0v) is 9.78. The fourth-order valence-electron chi connectivity index (χ4n) is 2.32. The van der Waals surface area contributed by atoms with Crippen molar-refractivity contribution in [3.05, 3.63) is 23.3 Å². The Hall–Kier alpha value is -2.04. The molecule has 1 fully saturated rings. The standard InChI is InChI=1S/C12H13N3O2/c1-7-8-5-13-12-14-11(16)6-15(12)9(8)3-4-10(7)17-2/h3-4H,5-6H2,1-2H3,(H,13,14,16). The molecule has 88 valence electrons.